The van der Waals surface area contributed by atoms with Crippen molar-refractivity contribution >= 4 is 28.6 Å². The van der Waals surface area contributed by atoms with Crippen molar-refractivity contribution in [3.63, 3.8) is 0 Å². The molecule has 168 valence electrons. The number of aromatic amines is 1. The lowest BCUT2D eigenvalue weighted by atomic mass is 10.1. The molecule has 0 bridgehead atoms. The molecule has 4 aromatic rings. The molecule has 0 amide bonds. The highest BCUT2D eigenvalue weighted by atomic mass is 19.1. The van der Waals surface area contributed by atoms with Gasteiger partial charge in [-0.05, 0) is 42.8 Å². The van der Waals surface area contributed by atoms with Crippen molar-refractivity contribution in [2.75, 3.05) is 19.0 Å². The number of carbonyl (C=O) groups is 1. The van der Waals surface area contributed by atoms with E-state index in [0.717, 1.165) is 11.9 Å². The minimum atomic E-state index is -0.494. The van der Waals surface area contributed by atoms with E-state index in [0.29, 0.717) is 41.4 Å². The second-order valence-electron chi connectivity index (χ2n) is 7.77. The molecular weight excluding hydrogens is 427 g/mol. The Labute approximate surface area is 188 Å². The predicted octanol–water partition coefficient (Wildman–Crippen LogP) is 3.85. The molecule has 2 aromatic carbocycles. The lowest BCUT2D eigenvalue weighted by Gasteiger charge is -2.27. The Morgan fingerprint density at radius 1 is 1.27 bits per heavy atom. The lowest BCUT2D eigenvalue weighted by molar-refractivity contribution is -0.0583. The first-order chi connectivity index (χ1) is 16.0. The third-order valence-corrected chi connectivity index (χ3v) is 5.64. The minimum Gasteiger partial charge on any atom is -0.465 e. The SMILES string of the molecule is COC(=O)c1ccc2nc(Nc3ccc(-c4cccc(=O)[nH]4)cc3F)n(C[C@@H]3CCO3)c2c1. The highest BCUT2D eigenvalue weighted by Gasteiger charge is 2.23. The number of hydrogen-bond donors (Lipinski definition) is 2. The summed E-state index contributed by atoms with van der Waals surface area (Å²) in [6.45, 7) is 1.21. The van der Waals surface area contributed by atoms with Crippen molar-refractivity contribution in [2.24, 2.45) is 0 Å². The zero-order chi connectivity index (χ0) is 22.9. The molecule has 8 nitrogen and oxygen atoms in total. The van der Waals surface area contributed by atoms with E-state index in [1.54, 1.807) is 42.5 Å². The number of methoxy groups -OCH3 is 1. The molecule has 2 N–H and O–H groups in total. The van der Waals surface area contributed by atoms with Gasteiger partial charge < -0.3 is 24.3 Å². The van der Waals surface area contributed by atoms with Gasteiger partial charge in [0.2, 0.25) is 11.5 Å². The minimum absolute atomic E-state index is 0.0202. The van der Waals surface area contributed by atoms with E-state index in [-0.39, 0.29) is 17.4 Å². The predicted molar refractivity (Wildman–Crippen MR) is 121 cm³/mol. The summed E-state index contributed by atoms with van der Waals surface area (Å²) in [5.41, 5.74) is 2.83. The Kier molecular flexibility index (Phi) is 5.39. The topological polar surface area (TPSA) is 98.2 Å². The quantitative estimate of drug-likeness (QED) is 0.435. The van der Waals surface area contributed by atoms with Crippen molar-refractivity contribution in [1.29, 1.82) is 0 Å². The van der Waals surface area contributed by atoms with Gasteiger partial charge in [-0.25, -0.2) is 14.2 Å². The van der Waals surface area contributed by atoms with Gasteiger partial charge in [-0.15, -0.1) is 0 Å². The number of esters is 1. The molecule has 0 radical (unpaired) electrons. The molecule has 33 heavy (non-hydrogen) atoms. The average Bonchev–Trinajstić information content (AvgIpc) is 3.13. The van der Waals surface area contributed by atoms with Gasteiger partial charge in [0, 0.05) is 23.9 Å². The Balaban J connectivity index is 1.51. The number of benzene rings is 2. The first kappa shape index (κ1) is 20.9. The number of rotatable bonds is 6. The molecule has 5 rings (SSSR count). The van der Waals surface area contributed by atoms with E-state index in [2.05, 4.69) is 15.3 Å². The van der Waals surface area contributed by atoms with Crippen LogP contribution >= 0.6 is 0 Å². The normalized spacial score (nSPS) is 15.3. The summed E-state index contributed by atoms with van der Waals surface area (Å²) in [6, 6.07) is 14.5. The number of halogens is 1. The van der Waals surface area contributed by atoms with Crippen LogP contribution in [0.15, 0.2) is 59.4 Å². The standard InChI is InChI=1S/C24H21FN4O4/c1-32-23(31)15-6-8-20-21(12-15)29(13-16-9-10-33-16)24(28-20)27-19-7-5-14(11-17(19)25)18-3-2-4-22(30)26-18/h2-8,11-12,16H,9-10,13H2,1H3,(H,26,30)(H,27,28)/t16-/m0/s1. The number of aromatic nitrogens is 3. The van der Waals surface area contributed by atoms with Gasteiger partial charge in [-0.3, -0.25) is 4.79 Å². The Morgan fingerprint density at radius 3 is 2.82 bits per heavy atom. The number of hydrogen-bond acceptors (Lipinski definition) is 6. The van der Waals surface area contributed by atoms with Crippen LogP contribution in [0.5, 0.6) is 0 Å². The summed E-state index contributed by atoms with van der Waals surface area (Å²) in [4.78, 5) is 30.9. The second-order valence-corrected chi connectivity index (χ2v) is 7.77. The number of nitrogens with one attached hydrogen (secondary N) is 2. The van der Waals surface area contributed by atoms with Crippen LogP contribution in [-0.4, -0.2) is 40.3 Å². The third kappa shape index (κ3) is 4.10. The van der Waals surface area contributed by atoms with Gasteiger partial charge in [0.25, 0.3) is 0 Å². The van der Waals surface area contributed by atoms with Crippen molar-refractivity contribution in [3.05, 3.63) is 76.3 Å². The van der Waals surface area contributed by atoms with Gasteiger partial charge in [-0.2, -0.15) is 0 Å². The average molecular weight is 448 g/mol. The zero-order valence-corrected chi connectivity index (χ0v) is 17.8. The van der Waals surface area contributed by atoms with Crippen molar-refractivity contribution in [1.82, 2.24) is 14.5 Å². The number of imidazole rings is 1. The van der Waals surface area contributed by atoms with Crippen LogP contribution in [0.4, 0.5) is 16.0 Å². The molecule has 1 atom stereocenters. The van der Waals surface area contributed by atoms with Gasteiger partial charge in [0.15, 0.2) is 0 Å². The van der Waals surface area contributed by atoms with E-state index in [4.69, 9.17) is 9.47 Å². The van der Waals surface area contributed by atoms with Crippen molar-refractivity contribution in [3.8, 4) is 11.3 Å². The number of nitrogens with zero attached hydrogens (tertiary/aromatic N) is 2. The monoisotopic (exact) mass is 448 g/mol. The molecule has 0 saturated carbocycles. The van der Waals surface area contributed by atoms with E-state index >= 15 is 0 Å². The molecule has 3 heterocycles. The van der Waals surface area contributed by atoms with E-state index in [9.17, 15) is 14.0 Å². The molecular formula is C24H21FN4O4. The van der Waals surface area contributed by atoms with Crippen LogP contribution in [0, 0.1) is 5.82 Å². The van der Waals surface area contributed by atoms with Crippen LogP contribution < -0.4 is 10.9 Å². The fourth-order valence-electron chi connectivity index (χ4n) is 3.80. The molecule has 0 spiro atoms. The zero-order valence-electron chi connectivity index (χ0n) is 17.8. The van der Waals surface area contributed by atoms with Gasteiger partial charge >= 0.3 is 5.97 Å². The number of pyridine rings is 1. The summed E-state index contributed by atoms with van der Waals surface area (Å²) in [7, 11) is 1.33. The molecule has 0 unspecified atom stereocenters. The molecule has 1 aliphatic rings. The van der Waals surface area contributed by atoms with Gasteiger partial charge in [0.1, 0.15) is 5.82 Å². The summed E-state index contributed by atoms with van der Waals surface area (Å²) in [6.07, 6.45) is 0.931. The van der Waals surface area contributed by atoms with Gasteiger partial charge in [-0.1, -0.05) is 12.1 Å². The van der Waals surface area contributed by atoms with Crippen LogP contribution in [0.2, 0.25) is 0 Å². The molecule has 9 heteroatoms. The van der Waals surface area contributed by atoms with E-state index in [1.807, 2.05) is 4.57 Å². The fourth-order valence-corrected chi connectivity index (χ4v) is 3.80. The molecule has 1 aliphatic heterocycles. The van der Waals surface area contributed by atoms with Crippen LogP contribution in [-0.2, 0) is 16.0 Å². The fraction of sp³-hybridized carbons (Fsp3) is 0.208. The number of carbonyl (C=O) groups excluding carboxylic acids is 1. The number of anilines is 2. The van der Waals surface area contributed by atoms with Crippen LogP contribution in [0.25, 0.3) is 22.3 Å². The molecule has 2 aromatic heterocycles. The molecule has 1 saturated heterocycles. The highest BCUT2D eigenvalue weighted by molar-refractivity contribution is 5.94. The highest BCUT2D eigenvalue weighted by Crippen LogP contribution is 2.29. The van der Waals surface area contributed by atoms with E-state index < -0.39 is 11.8 Å². The molecule has 0 aliphatic carbocycles. The summed E-state index contributed by atoms with van der Waals surface area (Å²) in [5, 5.41) is 3.07. The van der Waals surface area contributed by atoms with E-state index in [1.165, 1.54) is 19.2 Å². The maximum atomic E-state index is 15.0. The van der Waals surface area contributed by atoms with Crippen LogP contribution in [0.1, 0.15) is 16.8 Å². The van der Waals surface area contributed by atoms with Crippen molar-refractivity contribution in [2.45, 2.75) is 19.1 Å². The number of H-pyrrole nitrogens is 1. The number of fused-ring (bicyclic) bond motifs is 1. The number of ether oxygens (including phenoxy) is 2. The van der Waals surface area contributed by atoms with Crippen molar-refractivity contribution < 1.29 is 18.7 Å². The van der Waals surface area contributed by atoms with Crippen LogP contribution in [0.3, 0.4) is 0 Å². The smallest absolute Gasteiger partial charge is 0.337 e. The first-order valence-corrected chi connectivity index (χ1v) is 10.5. The Morgan fingerprint density at radius 2 is 2.12 bits per heavy atom. The Bertz CT molecular complexity index is 1410. The lowest BCUT2D eigenvalue weighted by Crippen LogP contribution is -2.31. The Hall–Kier alpha value is -3.98. The first-order valence-electron chi connectivity index (χ1n) is 10.5. The van der Waals surface area contributed by atoms with Gasteiger partial charge in [0.05, 0.1) is 42.0 Å². The largest absolute Gasteiger partial charge is 0.465 e. The molecule has 1 fully saturated rings. The third-order valence-electron chi connectivity index (χ3n) is 5.64. The summed E-state index contributed by atoms with van der Waals surface area (Å²) in [5.74, 6) is -0.507. The summed E-state index contributed by atoms with van der Waals surface area (Å²) < 4.78 is 27.3. The maximum absolute atomic E-state index is 15.0. The maximum Gasteiger partial charge on any atom is 0.337 e. The second kappa shape index (κ2) is 8.51. The summed E-state index contributed by atoms with van der Waals surface area (Å²) >= 11 is 0.